The van der Waals surface area contributed by atoms with Gasteiger partial charge in [-0.2, -0.15) is 0 Å². The molecule has 1 N–H and O–H groups in total. The second kappa shape index (κ2) is 3.83. The Labute approximate surface area is 78.2 Å². The number of likely N-dealkylation sites (N-methyl/N-ethyl adjacent to an activating group) is 1. The summed E-state index contributed by atoms with van der Waals surface area (Å²) in [4.78, 5) is 3.80. The molecule has 0 atom stereocenters. The molecule has 0 aliphatic carbocycles. The Kier molecular flexibility index (Phi) is 2.98. The van der Waals surface area contributed by atoms with Crippen LogP contribution in [0.15, 0.2) is 18.5 Å². The van der Waals surface area contributed by atoms with Crippen LogP contribution in [0.2, 0.25) is 0 Å². The van der Waals surface area contributed by atoms with Crippen LogP contribution in [0, 0.1) is 5.82 Å². The zero-order chi connectivity index (χ0) is 9.90. The fourth-order valence-corrected chi connectivity index (χ4v) is 1.15. The minimum atomic E-state index is -0.274. The lowest BCUT2D eigenvalue weighted by atomic mass is 9.96. The third kappa shape index (κ3) is 3.11. The van der Waals surface area contributed by atoms with Gasteiger partial charge in [0.1, 0.15) is 5.82 Å². The van der Waals surface area contributed by atoms with Crippen molar-refractivity contribution in [1.29, 1.82) is 0 Å². The van der Waals surface area contributed by atoms with E-state index in [4.69, 9.17) is 0 Å². The van der Waals surface area contributed by atoms with E-state index in [1.54, 1.807) is 6.20 Å². The Morgan fingerprint density at radius 1 is 1.46 bits per heavy atom. The molecular weight excluding hydrogens is 167 g/mol. The van der Waals surface area contributed by atoms with Crippen molar-refractivity contribution in [3.8, 4) is 0 Å². The van der Waals surface area contributed by atoms with E-state index in [0.29, 0.717) is 0 Å². The maximum atomic E-state index is 12.8. The molecule has 0 aliphatic rings. The van der Waals surface area contributed by atoms with Crippen molar-refractivity contribution in [1.82, 2.24) is 10.3 Å². The van der Waals surface area contributed by atoms with Crippen molar-refractivity contribution < 1.29 is 4.39 Å². The van der Waals surface area contributed by atoms with E-state index in [-0.39, 0.29) is 11.4 Å². The van der Waals surface area contributed by atoms with E-state index in [0.717, 1.165) is 12.0 Å². The molecule has 1 heterocycles. The first-order valence-corrected chi connectivity index (χ1v) is 4.32. The molecule has 13 heavy (non-hydrogen) atoms. The van der Waals surface area contributed by atoms with E-state index < -0.39 is 0 Å². The summed E-state index contributed by atoms with van der Waals surface area (Å²) in [6.45, 7) is 4.13. The highest BCUT2D eigenvalue weighted by atomic mass is 19.1. The molecule has 0 saturated carbocycles. The molecule has 1 aromatic rings. The van der Waals surface area contributed by atoms with E-state index in [2.05, 4.69) is 24.1 Å². The fraction of sp³-hybridized carbons (Fsp3) is 0.500. The molecule has 0 aliphatic heterocycles. The minimum absolute atomic E-state index is 0.0184. The van der Waals surface area contributed by atoms with Gasteiger partial charge in [-0.25, -0.2) is 4.39 Å². The third-order valence-corrected chi connectivity index (χ3v) is 2.08. The molecule has 0 aromatic carbocycles. The molecule has 0 bridgehead atoms. The first kappa shape index (κ1) is 10.1. The summed E-state index contributed by atoms with van der Waals surface area (Å²) in [6, 6.07) is 1.52. The monoisotopic (exact) mass is 182 g/mol. The molecule has 0 radical (unpaired) electrons. The van der Waals surface area contributed by atoms with Crippen LogP contribution in [0.3, 0.4) is 0 Å². The predicted molar refractivity (Wildman–Crippen MR) is 51.0 cm³/mol. The van der Waals surface area contributed by atoms with E-state index in [1.165, 1.54) is 12.3 Å². The highest BCUT2D eigenvalue weighted by Gasteiger charge is 2.15. The Morgan fingerprint density at radius 3 is 2.69 bits per heavy atom. The third-order valence-electron chi connectivity index (χ3n) is 2.08. The number of hydrogen-bond donors (Lipinski definition) is 1. The summed E-state index contributed by atoms with van der Waals surface area (Å²) in [5.74, 6) is -0.274. The van der Waals surface area contributed by atoms with Crippen LogP contribution in [-0.2, 0) is 6.42 Å². The van der Waals surface area contributed by atoms with Gasteiger partial charge in [0.15, 0.2) is 0 Å². The molecule has 3 heteroatoms. The van der Waals surface area contributed by atoms with Gasteiger partial charge in [0.05, 0.1) is 6.20 Å². The molecule has 1 aromatic heterocycles. The summed E-state index contributed by atoms with van der Waals surface area (Å²) in [7, 11) is 1.90. The molecule has 0 fully saturated rings. The second-order valence-electron chi connectivity index (χ2n) is 3.82. The molecule has 0 amide bonds. The minimum Gasteiger partial charge on any atom is -0.314 e. The number of halogens is 1. The average molecular weight is 182 g/mol. The van der Waals surface area contributed by atoms with Gasteiger partial charge in [0, 0.05) is 11.7 Å². The highest BCUT2D eigenvalue weighted by Crippen LogP contribution is 2.11. The lowest BCUT2D eigenvalue weighted by Gasteiger charge is -2.23. The van der Waals surface area contributed by atoms with Gasteiger partial charge >= 0.3 is 0 Å². The van der Waals surface area contributed by atoms with Crippen LogP contribution in [0.1, 0.15) is 19.4 Å². The largest absolute Gasteiger partial charge is 0.314 e. The second-order valence-corrected chi connectivity index (χ2v) is 3.82. The smallest absolute Gasteiger partial charge is 0.141 e. The van der Waals surface area contributed by atoms with E-state index in [1.807, 2.05) is 7.05 Å². The van der Waals surface area contributed by atoms with Gasteiger partial charge in [-0.15, -0.1) is 0 Å². The molecule has 0 unspecified atom stereocenters. The zero-order valence-electron chi connectivity index (χ0n) is 8.26. The van der Waals surface area contributed by atoms with Crippen LogP contribution in [0.4, 0.5) is 4.39 Å². The molecule has 72 valence electrons. The molecule has 0 spiro atoms. The standard InChI is InChI=1S/C10H15FN2/c1-10(2,12-3)5-8-4-9(11)7-13-6-8/h4,6-7,12H,5H2,1-3H3. The number of rotatable bonds is 3. The summed E-state index contributed by atoms with van der Waals surface area (Å²) in [5, 5.41) is 3.16. The molecule has 0 saturated heterocycles. The van der Waals surface area contributed by atoms with Gasteiger partial charge in [-0.1, -0.05) is 0 Å². The summed E-state index contributed by atoms with van der Waals surface area (Å²) in [6.07, 6.45) is 3.69. The Morgan fingerprint density at radius 2 is 2.15 bits per heavy atom. The van der Waals surface area contributed by atoms with Crippen LogP contribution >= 0.6 is 0 Å². The van der Waals surface area contributed by atoms with Gasteiger partial charge < -0.3 is 5.32 Å². The summed E-state index contributed by atoms with van der Waals surface area (Å²) >= 11 is 0. The first-order chi connectivity index (χ1) is 6.03. The van der Waals surface area contributed by atoms with Crippen molar-refractivity contribution in [3.05, 3.63) is 29.8 Å². The number of pyridine rings is 1. The average Bonchev–Trinajstić information content (AvgIpc) is 2.03. The maximum absolute atomic E-state index is 12.8. The SMILES string of the molecule is CNC(C)(C)Cc1cncc(F)c1. The molecule has 2 nitrogen and oxygen atoms in total. The van der Waals surface area contributed by atoms with E-state index >= 15 is 0 Å². The number of nitrogens with one attached hydrogen (secondary N) is 1. The fourth-order valence-electron chi connectivity index (χ4n) is 1.15. The highest BCUT2D eigenvalue weighted by molar-refractivity contribution is 5.13. The lowest BCUT2D eigenvalue weighted by Crippen LogP contribution is -2.38. The number of nitrogens with zero attached hydrogens (tertiary/aromatic N) is 1. The number of hydrogen-bond acceptors (Lipinski definition) is 2. The van der Waals surface area contributed by atoms with Crippen LogP contribution in [0.5, 0.6) is 0 Å². The Balaban J connectivity index is 2.74. The van der Waals surface area contributed by atoms with Crippen molar-refractivity contribution in [3.63, 3.8) is 0 Å². The van der Waals surface area contributed by atoms with Crippen molar-refractivity contribution in [2.75, 3.05) is 7.05 Å². The van der Waals surface area contributed by atoms with Crippen LogP contribution < -0.4 is 5.32 Å². The van der Waals surface area contributed by atoms with Crippen molar-refractivity contribution in [2.45, 2.75) is 25.8 Å². The quantitative estimate of drug-likeness (QED) is 0.770. The maximum Gasteiger partial charge on any atom is 0.141 e. The summed E-state index contributed by atoms with van der Waals surface area (Å²) in [5.41, 5.74) is 0.898. The summed E-state index contributed by atoms with van der Waals surface area (Å²) < 4.78 is 12.8. The Bertz CT molecular complexity index is 284. The van der Waals surface area contributed by atoms with Crippen molar-refractivity contribution in [2.24, 2.45) is 0 Å². The topological polar surface area (TPSA) is 24.9 Å². The predicted octanol–water partition coefficient (Wildman–Crippen LogP) is 1.76. The normalized spacial score (nSPS) is 11.7. The van der Waals surface area contributed by atoms with Gasteiger partial charge in [-0.3, -0.25) is 4.98 Å². The number of aromatic nitrogens is 1. The van der Waals surface area contributed by atoms with Gasteiger partial charge in [-0.05, 0) is 38.9 Å². The van der Waals surface area contributed by atoms with Crippen LogP contribution in [0.25, 0.3) is 0 Å². The van der Waals surface area contributed by atoms with Crippen LogP contribution in [-0.4, -0.2) is 17.6 Å². The first-order valence-electron chi connectivity index (χ1n) is 4.32. The van der Waals surface area contributed by atoms with Crippen molar-refractivity contribution >= 4 is 0 Å². The zero-order valence-corrected chi connectivity index (χ0v) is 8.26. The Hall–Kier alpha value is -0.960. The van der Waals surface area contributed by atoms with Gasteiger partial charge in [0.25, 0.3) is 0 Å². The molecule has 1 rings (SSSR count). The van der Waals surface area contributed by atoms with Gasteiger partial charge in [0.2, 0.25) is 0 Å². The van der Waals surface area contributed by atoms with E-state index in [9.17, 15) is 4.39 Å². The lowest BCUT2D eigenvalue weighted by molar-refractivity contribution is 0.420. The molecular formula is C10H15FN2.